The second-order valence-electron chi connectivity index (χ2n) is 5.90. The van der Waals surface area contributed by atoms with Gasteiger partial charge in [-0.3, -0.25) is 4.79 Å². The number of nitrogens with one attached hydrogen (secondary N) is 1. The second-order valence-corrected chi connectivity index (χ2v) is 5.90. The highest BCUT2D eigenvalue weighted by Gasteiger charge is 2.35. The van der Waals surface area contributed by atoms with Gasteiger partial charge in [-0.1, -0.05) is 33.6 Å². The van der Waals surface area contributed by atoms with Crippen molar-refractivity contribution in [1.82, 2.24) is 10.2 Å². The number of hydrogen-bond donors (Lipinski definition) is 1. The number of ether oxygens (including phenoxy) is 1. The molecule has 2 unspecified atom stereocenters. The van der Waals surface area contributed by atoms with E-state index in [9.17, 15) is 4.79 Å². The zero-order valence-electron chi connectivity index (χ0n) is 14.5. The van der Waals surface area contributed by atoms with E-state index in [1.807, 2.05) is 14.0 Å². The molecule has 20 heavy (non-hydrogen) atoms. The van der Waals surface area contributed by atoms with Crippen LogP contribution in [0, 0.1) is 5.92 Å². The topological polar surface area (TPSA) is 41.6 Å². The van der Waals surface area contributed by atoms with Crippen molar-refractivity contribution < 1.29 is 9.53 Å². The first-order valence-corrected chi connectivity index (χ1v) is 7.89. The maximum Gasteiger partial charge on any atom is 0.325 e. The van der Waals surface area contributed by atoms with Crippen LogP contribution in [0.5, 0.6) is 0 Å². The molecule has 0 saturated carbocycles. The predicted molar refractivity (Wildman–Crippen MR) is 84.9 cm³/mol. The van der Waals surface area contributed by atoms with E-state index < -0.39 is 5.54 Å². The molecule has 0 spiro atoms. The first-order chi connectivity index (χ1) is 9.38. The summed E-state index contributed by atoms with van der Waals surface area (Å²) in [6.07, 6.45) is 3.17. The van der Waals surface area contributed by atoms with Crippen LogP contribution < -0.4 is 5.32 Å². The molecule has 0 amide bonds. The van der Waals surface area contributed by atoms with Crippen LogP contribution >= 0.6 is 0 Å². The molecule has 4 nitrogen and oxygen atoms in total. The van der Waals surface area contributed by atoms with Crippen molar-refractivity contribution in [3.8, 4) is 0 Å². The third-order valence-electron chi connectivity index (χ3n) is 4.57. The van der Waals surface area contributed by atoms with Crippen LogP contribution in [-0.4, -0.2) is 49.7 Å². The molecular weight excluding hydrogens is 252 g/mol. The van der Waals surface area contributed by atoms with Gasteiger partial charge in [-0.15, -0.1) is 0 Å². The summed E-state index contributed by atoms with van der Waals surface area (Å²) in [5, 5.41) is 3.12. The highest BCUT2D eigenvalue weighted by atomic mass is 16.5. The average molecular weight is 286 g/mol. The molecule has 4 heteroatoms. The lowest BCUT2D eigenvalue weighted by Crippen LogP contribution is -2.53. The summed E-state index contributed by atoms with van der Waals surface area (Å²) in [5.41, 5.74) is -0.616. The molecule has 0 bridgehead atoms. The maximum atomic E-state index is 11.9. The third-order valence-corrected chi connectivity index (χ3v) is 4.57. The lowest BCUT2D eigenvalue weighted by Gasteiger charge is -2.36. The normalized spacial score (nSPS) is 16.2. The van der Waals surface area contributed by atoms with E-state index >= 15 is 0 Å². The molecule has 2 atom stereocenters. The van der Waals surface area contributed by atoms with Crippen molar-refractivity contribution in [2.45, 2.75) is 65.5 Å². The molecule has 0 aromatic carbocycles. The second kappa shape index (κ2) is 9.35. The molecule has 1 N–H and O–H groups in total. The summed E-state index contributed by atoms with van der Waals surface area (Å²) in [4.78, 5) is 14.4. The number of hydrogen-bond acceptors (Lipinski definition) is 4. The Bertz CT molecular complexity index is 280. The summed E-state index contributed by atoms with van der Waals surface area (Å²) >= 11 is 0. The first-order valence-electron chi connectivity index (χ1n) is 7.89. The minimum absolute atomic E-state index is 0.189. The lowest BCUT2D eigenvalue weighted by atomic mass is 9.92. The smallest absolute Gasteiger partial charge is 0.325 e. The van der Waals surface area contributed by atoms with Gasteiger partial charge in [-0.05, 0) is 39.8 Å². The van der Waals surface area contributed by atoms with Crippen LogP contribution in [-0.2, 0) is 9.53 Å². The van der Waals surface area contributed by atoms with Gasteiger partial charge >= 0.3 is 5.97 Å². The molecule has 0 aromatic rings. The van der Waals surface area contributed by atoms with E-state index in [4.69, 9.17) is 4.74 Å². The minimum Gasteiger partial charge on any atom is -0.468 e. The van der Waals surface area contributed by atoms with Crippen LogP contribution in [0.25, 0.3) is 0 Å². The number of methoxy groups -OCH3 is 1. The molecule has 0 aliphatic carbocycles. The van der Waals surface area contributed by atoms with Gasteiger partial charge in [0.15, 0.2) is 0 Å². The Morgan fingerprint density at radius 2 is 1.85 bits per heavy atom. The zero-order chi connectivity index (χ0) is 15.8. The van der Waals surface area contributed by atoms with Crippen molar-refractivity contribution in [3.63, 3.8) is 0 Å². The lowest BCUT2D eigenvalue weighted by molar-refractivity contribution is -0.148. The molecule has 0 aromatic heterocycles. The van der Waals surface area contributed by atoms with Crippen molar-refractivity contribution >= 4 is 5.97 Å². The van der Waals surface area contributed by atoms with E-state index in [1.165, 1.54) is 20.0 Å². The van der Waals surface area contributed by atoms with E-state index in [0.29, 0.717) is 6.04 Å². The van der Waals surface area contributed by atoms with Crippen LogP contribution in [0.15, 0.2) is 0 Å². The van der Waals surface area contributed by atoms with Crippen molar-refractivity contribution in [2.75, 3.05) is 27.2 Å². The van der Waals surface area contributed by atoms with Crippen LogP contribution in [0.2, 0.25) is 0 Å². The summed E-state index contributed by atoms with van der Waals surface area (Å²) < 4.78 is 4.92. The summed E-state index contributed by atoms with van der Waals surface area (Å²) in [6, 6.07) is 0.345. The quantitative estimate of drug-likeness (QED) is 0.627. The molecule has 0 fully saturated rings. The SMILES string of the molecule is CCC(CC)CN(CC)C(C)CC(C)(NC)C(=O)OC. The Kier molecular flexibility index (Phi) is 9.06. The fourth-order valence-electron chi connectivity index (χ4n) is 2.73. The number of carbonyl (C=O) groups is 1. The van der Waals surface area contributed by atoms with Gasteiger partial charge < -0.3 is 15.0 Å². The minimum atomic E-state index is -0.616. The first kappa shape index (κ1) is 19.4. The molecule has 120 valence electrons. The summed E-state index contributed by atoms with van der Waals surface area (Å²) in [6.45, 7) is 12.9. The molecule has 0 radical (unpaired) electrons. The van der Waals surface area contributed by atoms with Crippen LogP contribution in [0.1, 0.15) is 53.9 Å². The Morgan fingerprint density at radius 1 is 1.30 bits per heavy atom. The zero-order valence-corrected chi connectivity index (χ0v) is 14.5. The van der Waals surface area contributed by atoms with Gasteiger partial charge in [0.05, 0.1) is 7.11 Å². The highest BCUT2D eigenvalue weighted by Crippen LogP contribution is 2.20. The van der Waals surface area contributed by atoms with E-state index in [0.717, 1.165) is 25.4 Å². The molecule has 0 aliphatic rings. The largest absolute Gasteiger partial charge is 0.468 e. The third kappa shape index (κ3) is 5.41. The molecular formula is C16H34N2O2. The monoisotopic (exact) mass is 286 g/mol. The van der Waals surface area contributed by atoms with Gasteiger partial charge in [0.25, 0.3) is 0 Å². The molecule has 0 heterocycles. The number of esters is 1. The van der Waals surface area contributed by atoms with E-state index in [1.54, 1.807) is 0 Å². The molecule has 0 aliphatic heterocycles. The van der Waals surface area contributed by atoms with Gasteiger partial charge in [0.2, 0.25) is 0 Å². The summed E-state index contributed by atoms with van der Waals surface area (Å²) in [5.74, 6) is 0.543. The van der Waals surface area contributed by atoms with Crippen LogP contribution in [0.4, 0.5) is 0 Å². The number of likely N-dealkylation sites (N-methyl/N-ethyl adjacent to an activating group) is 1. The standard InChI is InChI=1S/C16H34N2O2/c1-8-14(9-2)12-18(10-3)13(4)11-16(5,17-6)15(19)20-7/h13-14,17H,8-12H2,1-7H3. The van der Waals surface area contributed by atoms with Gasteiger partial charge in [0, 0.05) is 12.6 Å². The van der Waals surface area contributed by atoms with Gasteiger partial charge in [-0.25, -0.2) is 0 Å². The van der Waals surface area contributed by atoms with Crippen molar-refractivity contribution in [2.24, 2.45) is 5.92 Å². The highest BCUT2D eigenvalue weighted by molar-refractivity contribution is 5.80. The van der Waals surface area contributed by atoms with E-state index in [-0.39, 0.29) is 5.97 Å². The number of nitrogens with zero attached hydrogens (tertiary/aromatic N) is 1. The Balaban J connectivity index is 4.75. The maximum absolute atomic E-state index is 11.9. The van der Waals surface area contributed by atoms with Gasteiger partial charge in [-0.2, -0.15) is 0 Å². The summed E-state index contributed by atoms with van der Waals surface area (Å²) in [7, 11) is 3.27. The number of rotatable bonds is 10. The number of carbonyl (C=O) groups excluding carboxylic acids is 1. The Hall–Kier alpha value is -0.610. The fourth-order valence-corrected chi connectivity index (χ4v) is 2.73. The van der Waals surface area contributed by atoms with Crippen LogP contribution in [0.3, 0.4) is 0 Å². The average Bonchev–Trinajstić information content (AvgIpc) is 2.47. The predicted octanol–water partition coefficient (Wildman–Crippen LogP) is 2.67. The molecule has 0 rings (SSSR count). The van der Waals surface area contributed by atoms with Gasteiger partial charge in [0.1, 0.15) is 5.54 Å². The van der Waals surface area contributed by atoms with E-state index in [2.05, 4.69) is 37.9 Å². The Morgan fingerprint density at radius 3 is 2.20 bits per heavy atom. The van der Waals surface area contributed by atoms with Crippen molar-refractivity contribution in [1.29, 1.82) is 0 Å². The van der Waals surface area contributed by atoms with Crippen molar-refractivity contribution in [3.05, 3.63) is 0 Å². The Labute approximate surface area is 125 Å². The fraction of sp³-hybridized carbons (Fsp3) is 0.938. The molecule has 0 saturated heterocycles.